The molecule has 0 radical (unpaired) electrons. The smallest absolute Gasteiger partial charge is 0.190 e. The Hall–Kier alpha value is -1.93. The first kappa shape index (κ1) is 20.3. The Morgan fingerprint density at radius 3 is 2.45 bits per heavy atom. The number of thiazole rings is 1. The Morgan fingerprint density at radius 2 is 1.76 bits per heavy atom. The molecule has 3 aromatic rings. The molecule has 2 aromatic carbocycles. The molecule has 1 aliphatic heterocycles. The second-order valence-corrected chi connectivity index (χ2v) is 8.58. The number of methoxy groups -OCH3 is 1. The molecule has 0 saturated carbocycles. The zero-order valence-corrected chi connectivity index (χ0v) is 18.8. The highest BCUT2D eigenvalue weighted by atomic mass is 79.9. The lowest BCUT2D eigenvalue weighted by molar-refractivity contribution is 0.0363. The van der Waals surface area contributed by atoms with Gasteiger partial charge < -0.3 is 14.0 Å². The van der Waals surface area contributed by atoms with Gasteiger partial charge in [0.2, 0.25) is 0 Å². The van der Waals surface area contributed by atoms with Crippen molar-refractivity contribution in [1.82, 2.24) is 9.47 Å². The van der Waals surface area contributed by atoms with Crippen LogP contribution in [-0.2, 0) is 11.3 Å². The lowest BCUT2D eigenvalue weighted by atomic mass is 10.2. The van der Waals surface area contributed by atoms with Crippen molar-refractivity contribution in [2.75, 3.05) is 40.0 Å². The molecule has 0 atom stereocenters. The van der Waals surface area contributed by atoms with Gasteiger partial charge in [0.1, 0.15) is 5.75 Å². The summed E-state index contributed by atoms with van der Waals surface area (Å²) in [5, 5.41) is 2.20. The van der Waals surface area contributed by atoms with Crippen LogP contribution in [-0.4, -0.2) is 49.4 Å². The van der Waals surface area contributed by atoms with Crippen LogP contribution in [0.1, 0.15) is 0 Å². The number of halogens is 1. The lowest BCUT2D eigenvalue weighted by Crippen LogP contribution is -2.39. The normalized spacial score (nSPS) is 15.6. The summed E-state index contributed by atoms with van der Waals surface area (Å²) in [4.78, 5) is 8.37. The molecule has 4 rings (SSSR count). The van der Waals surface area contributed by atoms with Gasteiger partial charge >= 0.3 is 0 Å². The fourth-order valence-corrected chi connectivity index (χ4v) is 4.54. The zero-order chi connectivity index (χ0) is 20.1. The Labute approximate surface area is 183 Å². The highest BCUT2D eigenvalue weighted by Crippen LogP contribution is 2.23. The minimum Gasteiger partial charge on any atom is -0.497 e. The summed E-state index contributed by atoms with van der Waals surface area (Å²) < 4.78 is 14.1. The van der Waals surface area contributed by atoms with Gasteiger partial charge in [0.05, 0.1) is 31.7 Å². The van der Waals surface area contributed by atoms with Crippen molar-refractivity contribution < 1.29 is 9.47 Å². The number of hydrogen-bond donors (Lipinski definition) is 0. The molecule has 1 aromatic heterocycles. The van der Waals surface area contributed by atoms with Crippen LogP contribution < -0.4 is 9.54 Å². The van der Waals surface area contributed by atoms with E-state index in [2.05, 4.69) is 55.0 Å². The molecule has 29 heavy (non-hydrogen) atoms. The number of hydrogen-bond acceptors (Lipinski definition) is 5. The summed E-state index contributed by atoms with van der Waals surface area (Å²) in [6.45, 7) is 5.49. The summed E-state index contributed by atoms with van der Waals surface area (Å²) in [5.74, 6) is 0.839. The summed E-state index contributed by atoms with van der Waals surface area (Å²) >= 11 is 5.21. The van der Waals surface area contributed by atoms with Crippen LogP contribution in [0.15, 0.2) is 63.4 Å². The Morgan fingerprint density at radius 1 is 1.03 bits per heavy atom. The molecular weight excluding hydrogens is 450 g/mol. The molecule has 0 aliphatic carbocycles. The number of morpholine rings is 1. The van der Waals surface area contributed by atoms with Crippen molar-refractivity contribution >= 4 is 33.0 Å². The minimum atomic E-state index is 0.816. The van der Waals surface area contributed by atoms with E-state index in [9.17, 15) is 0 Å². The molecule has 5 nitrogen and oxygen atoms in total. The van der Waals surface area contributed by atoms with E-state index >= 15 is 0 Å². The topological polar surface area (TPSA) is 39.0 Å². The van der Waals surface area contributed by atoms with Gasteiger partial charge in [-0.25, -0.2) is 4.99 Å². The third kappa shape index (κ3) is 5.17. The molecule has 0 N–H and O–H groups in total. The van der Waals surface area contributed by atoms with Gasteiger partial charge in [0.15, 0.2) is 4.80 Å². The maximum atomic E-state index is 5.48. The number of rotatable bonds is 6. The molecule has 1 saturated heterocycles. The number of benzene rings is 2. The summed E-state index contributed by atoms with van der Waals surface area (Å²) in [7, 11) is 1.68. The number of nitrogens with zero attached hydrogens (tertiary/aromatic N) is 3. The van der Waals surface area contributed by atoms with E-state index in [1.54, 1.807) is 18.4 Å². The van der Waals surface area contributed by atoms with Crippen LogP contribution >= 0.6 is 27.3 Å². The van der Waals surface area contributed by atoms with Gasteiger partial charge in [0, 0.05) is 36.0 Å². The molecule has 152 valence electrons. The van der Waals surface area contributed by atoms with Crippen LogP contribution in [0.4, 0.5) is 5.69 Å². The molecule has 7 heteroatoms. The van der Waals surface area contributed by atoms with Gasteiger partial charge in [0.25, 0.3) is 0 Å². The van der Waals surface area contributed by atoms with E-state index in [4.69, 9.17) is 14.5 Å². The fourth-order valence-electron chi connectivity index (χ4n) is 3.32. The predicted octanol–water partition coefficient (Wildman–Crippen LogP) is 4.55. The Kier molecular flexibility index (Phi) is 6.82. The maximum absolute atomic E-state index is 5.48. The average Bonchev–Trinajstić information content (AvgIpc) is 3.16. The van der Waals surface area contributed by atoms with Gasteiger partial charge in [-0.15, -0.1) is 11.3 Å². The van der Waals surface area contributed by atoms with Gasteiger partial charge in [-0.2, -0.15) is 0 Å². The lowest BCUT2D eigenvalue weighted by Gasteiger charge is -2.26. The van der Waals surface area contributed by atoms with Crippen molar-refractivity contribution in [3.05, 3.63) is 63.2 Å². The molecule has 0 unspecified atom stereocenters. The summed E-state index contributed by atoms with van der Waals surface area (Å²) in [5.41, 5.74) is 3.32. The molecule has 0 bridgehead atoms. The summed E-state index contributed by atoms with van der Waals surface area (Å²) in [6.07, 6.45) is 0. The van der Waals surface area contributed by atoms with E-state index in [0.29, 0.717) is 0 Å². The van der Waals surface area contributed by atoms with Crippen molar-refractivity contribution in [2.24, 2.45) is 4.99 Å². The van der Waals surface area contributed by atoms with E-state index in [0.717, 1.165) is 60.1 Å². The number of ether oxygens (including phenoxy) is 2. The van der Waals surface area contributed by atoms with E-state index in [1.165, 1.54) is 11.3 Å². The van der Waals surface area contributed by atoms with Crippen molar-refractivity contribution in [3.8, 4) is 17.0 Å². The van der Waals surface area contributed by atoms with Crippen LogP contribution in [0.3, 0.4) is 0 Å². The Bertz CT molecular complexity index is 990. The Balaban J connectivity index is 1.67. The predicted molar refractivity (Wildman–Crippen MR) is 121 cm³/mol. The quantitative estimate of drug-likeness (QED) is 0.526. The maximum Gasteiger partial charge on any atom is 0.190 e. The monoisotopic (exact) mass is 473 g/mol. The van der Waals surface area contributed by atoms with Crippen molar-refractivity contribution in [2.45, 2.75) is 6.54 Å². The van der Waals surface area contributed by atoms with Crippen LogP contribution in [0.5, 0.6) is 5.75 Å². The molecule has 0 amide bonds. The largest absolute Gasteiger partial charge is 0.497 e. The molecular formula is C22H24BrN3O2S. The molecule has 1 aliphatic rings. The first-order valence-corrected chi connectivity index (χ1v) is 11.3. The van der Waals surface area contributed by atoms with E-state index in [-0.39, 0.29) is 0 Å². The highest BCUT2D eigenvalue weighted by molar-refractivity contribution is 9.10. The highest BCUT2D eigenvalue weighted by Gasteiger charge is 2.13. The molecule has 1 fully saturated rings. The first-order valence-electron chi connectivity index (χ1n) is 9.66. The summed E-state index contributed by atoms with van der Waals surface area (Å²) in [6, 6.07) is 16.3. The third-order valence-corrected chi connectivity index (χ3v) is 6.37. The van der Waals surface area contributed by atoms with Crippen molar-refractivity contribution in [1.29, 1.82) is 0 Å². The number of aromatic nitrogens is 1. The van der Waals surface area contributed by atoms with E-state index < -0.39 is 0 Å². The molecule has 0 spiro atoms. The fraction of sp³-hybridized carbons (Fsp3) is 0.318. The van der Waals surface area contributed by atoms with Gasteiger partial charge in [-0.05, 0) is 42.0 Å². The second kappa shape index (κ2) is 9.71. The van der Waals surface area contributed by atoms with Gasteiger partial charge in [-0.1, -0.05) is 28.1 Å². The van der Waals surface area contributed by atoms with Crippen molar-refractivity contribution in [3.63, 3.8) is 0 Å². The second-order valence-electron chi connectivity index (χ2n) is 6.83. The first-order chi connectivity index (χ1) is 14.2. The standard InChI is InChI=1S/C22H24BrN3O2S/c1-27-20-8-6-19(7-9-20)24-22-26(11-10-25-12-14-28-15-13-25)21(16-29-22)17-2-4-18(23)5-3-17/h2-9,16H,10-15H2,1H3. The minimum absolute atomic E-state index is 0.816. The van der Waals surface area contributed by atoms with Crippen LogP contribution in [0, 0.1) is 0 Å². The van der Waals surface area contributed by atoms with E-state index in [1.807, 2.05) is 24.3 Å². The average molecular weight is 474 g/mol. The van der Waals surface area contributed by atoms with Crippen LogP contribution in [0.2, 0.25) is 0 Å². The van der Waals surface area contributed by atoms with Gasteiger partial charge in [-0.3, -0.25) is 4.90 Å². The SMILES string of the molecule is COc1ccc(N=c2scc(-c3ccc(Br)cc3)n2CCN2CCOCC2)cc1. The van der Waals surface area contributed by atoms with Crippen LogP contribution in [0.25, 0.3) is 11.3 Å². The molecule has 2 heterocycles. The third-order valence-electron chi connectivity index (χ3n) is 4.98. The zero-order valence-electron chi connectivity index (χ0n) is 16.4.